The van der Waals surface area contributed by atoms with E-state index in [0.717, 1.165) is 33.9 Å². The highest BCUT2D eigenvalue weighted by molar-refractivity contribution is 6.01. The van der Waals surface area contributed by atoms with Crippen LogP contribution in [0.3, 0.4) is 0 Å². The van der Waals surface area contributed by atoms with Gasteiger partial charge in [-0.1, -0.05) is 30.3 Å². The van der Waals surface area contributed by atoms with Gasteiger partial charge < -0.3 is 20.6 Å². The molecule has 3 N–H and O–H groups in total. The van der Waals surface area contributed by atoms with Crippen molar-refractivity contribution in [3.8, 4) is 11.3 Å². The van der Waals surface area contributed by atoms with E-state index in [1.165, 1.54) is 0 Å². The standard InChI is InChI=1S/C25H22N6O2/c1-31-21-7-3-2-6-20(21)23-17(13-22(31)32)14-27-25(30-23)29-18-10-8-16(9-11-18)24(33)28-19-5-4-12-26-15-19/h2-12,14-15,24,28,33H,13H2,1H3,(H,27,29,30). The summed E-state index contributed by atoms with van der Waals surface area (Å²) >= 11 is 0. The summed E-state index contributed by atoms with van der Waals surface area (Å²) in [4.78, 5) is 27.4. The van der Waals surface area contributed by atoms with Crippen LogP contribution in [-0.4, -0.2) is 33.0 Å². The van der Waals surface area contributed by atoms with E-state index in [-0.39, 0.29) is 12.3 Å². The Hall–Kier alpha value is -4.30. The van der Waals surface area contributed by atoms with Gasteiger partial charge in [0.15, 0.2) is 6.23 Å². The summed E-state index contributed by atoms with van der Waals surface area (Å²) < 4.78 is 0. The number of pyridine rings is 1. The first-order valence-corrected chi connectivity index (χ1v) is 10.5. The quantitative estimate of drug-likeness (QED) is 0.406. The molecule has 4 aromatic rings. The van der Waals surface area contributed by atoms with E-state index in [0.29, 0.717) is 11.5 Å². The molecule has 8 nitrogen and oxygen atoms in total. The molecule has 164 valence electrons. The van der Waals surface area contributed by atoms with Gasteiger partial charge in [0.1, 0.15) is 0 Å². The summed E-state index contributed by atoms with van der Waals surface area (Å²) in [6, 6.07) is 18.7. The van der Waals surface area contributed by atoms with E-state index >= 15 is 0 Å². The molecule has 0 fully saturated rings. The fourth-order valence-electron chi connectivity index (χ4n) is 3.78. The third-order valence-electron chi connectivity index (χ3n) is 5.55. The lowest BCUT2D eigenvalue weighted by molar-refractivity contribution is -0.117. The summed E-state index contributed by atoms with van der Waals surface area (Å²) in [6.07, 6.45) is 4.42. The highest BCUT2D eigenvalue weighted by Crippen LogP contribution is 2.35. The average molecular weight is 438 g/mol. The molecule has 2 aromatic carbocycles. The van der Waals surface area contributed by atoms with Crippen molar-refractivity contribution >= 4 is 28.9 Å². The SMILES string of the molecule is CN1C(=O)Cc2cnc(Nc3ccc(C(O)Nc4cccnc4)cc3)nc2-c2ccccc21. The molecule has 2 aromatic heterocycles. The molecule has 0 aliphatic carbocycles. The van der Waals surface area contributed by atoms with Crippen LogP contribution in [0.5, 0.6) is 0 Å². The van der Waals surface area contributed by atoms with Crippen LogP contribution in [0.4, 0.5) is 23.0 Å². The Labute approximate surface area is 191 Å². The van der Waals surface area contributed by atoms with Gasteiger partial charge in [-0.3, -0.25) is 9.78 Å². The number of aliphatic hydroxyl groups excluding tert-OH is 1. The normalized spacial score (nSPS) is 13.5. The van der Waals surface area contributed by atoms with Gasteiger partial charge in [0.2, 0.25) is 11.9 Å². The predicted octanol–water partition coefficient (Wildman–Crippen LogP) is 3.90. The summed E-state index contributed by atoms with van der Waals surface area (Å²) in [7, 11) is 1.78. The van der Waals surface area contributed by atoms with Crippen molar-refractivity contribution < 1.29 is 9.90 Å². The Kier molecular flexibility index (Phi) is 5.42. The average Bonchev–Trinajstić information content (AvgIpc) is 2.95. The minimum Gasteiger partial charge on any atom is -0.369 e. The van der Waals surface area contributed by atoms with E-state index < -0.39 is 6.23 Å². The molecule has 1 aliphatic heterocycles. The third kappa shape index (κ3) is 4.24. The molecule has 0 saturated heterocycles. The van der Waals surface area contributed by atoms with Crippen LogP contribution < -0.4 is 15.5 Å². The van der Waals surface area contributed by atoms with Crippen molar-refractivity contribution in [3.05, 3.63) is 90.4 Å². The number of aromatic nitrogens is 3. The number of aliphatic hydroxyl groups is 1. The van der Waals surface area contributed by atoms with Crippen LogP contribution in [0.1, 0.15) is 17.4 Å². The van der Waals surface area contributed by atoms with Crippen LogP contribution in [0.2, 0.25) is 0 Å². The van der Waals surface area contributed by atoms with Crippen molar-refractivity contribution in [3.63, 3.8) is 0 Å². The monoisotopic (exact) mass is 438 g/mol. The number of rotatable bonds is 5. The largest absolute Gasteiger partial charge is 0.369 e. The van der Waals surface area contributed by atoms with Crippen molar-refractivity contribution in [2.75, 3.05) is 22.6 Å². The molecular formula is C25H22N6O2. The molecule has 0 spiro atoms. The number of benzene rings is 2. The molecule has 33 heavy (non-hydrogen) atoms. The molecule has 1 aliphatic rings. The number of amides is 1. The van der Waals surface area contributed by atoms with Crippen molar-refractivity contribution in [2.45, 2.75) is 12.6 Å². The number of carbonyl (C=O) groups excluding carboxylic acids is 1. The second-order valence-electron chi connectivity index (χ2n) is 7.75. The van der Waals surface area contributed by atoms with Gasteiger partial charge in [-0.15, -0.1) is 0 Å². The fourth-order valence-corrected chi connectivity index (χ4v) is 3.78. The number of nitrogens with zero attached hydrogens (tertiary/aromatic N) is 4. The number of fused-ring (bicyclic) bond motifs is 3. The number of hydrogen-bond donors (Lipinski definition) is 3. The maximum atomic E-state index is 12.5. The van der Waals surface area contributed by atoms with Gasteiger partial charge in [0.25, 0.3) is 0 Å². The zero-order chi connectivity index (χ0) is 22.8. The maximum Gasteiger partial charge on any atom is 0.231 e. The molecule has 1 amide bonds. The molecule has 1 unspecified atom stereocenters. The first-order valence-electron chi connectivity index (χ1n) is 10.5. The van der Waals surface area contributed by atoms with Gasteiger partial charge in [0, 0.05) is 41.8 Å². The molecule has 5 rings (SSSR count). The number of anilines is 4. The Morgan fingerprint density at radius 3 is 2.61 bits per heavy atom. The van der Waals surface area contributed by atoms with Crippen molar-refractivity contribution in [1.82, 2.24) is 15.0 Å². The molecule has 0 bridgehead atoms. The van der Waals surface area contributed by atoms with Crippen LogP contribution in [0, 0.1) is 0 Å². The second-order valence-corrected chi connectivity index (χ2v) is 7.75. The smallest absolute Gasteiger partial charge is 0.231 e. The zero-order valence-electron chi connectivity index (χ0n) is 17.9. The lowest BCUT2D eigenvalue weighted by Gasteiger charge is -2.17. The number of nitrogens with one attached hydrogen (secondary N) is 2. The highest BCUT2D eigenvalue weighted by atomic mass is 16.3. The Morgan fingerprint density at radius 2 is 1.82 bits per heavy atom. The molecule has 8 heteroatoms. The number of likely N-dealkylation sites (N-methyl/N-ethyl adjacent to an activating group) is 1. The predicted molar refractivity (Wildman–Crippen MR) is 127 cm³/mol. The molecule has 3 heterocycles. The minimum absolute atomic E-state index is 0.000418. The van der Waals surface area contributed by atoms with E-state index in [2.05, 4.69) is 20.6 Å². The Bertz CT molecular complexity index is 1290. The van der Waals surface area contributed by atoms with Gasteiger partial charge in [-0.05, 0) is 30.3 Å². The van der Waals surface area contributed by atoms with E-state index in [1.54, 1.807) is 36.6 Å². The number of carbonyl (C=O) groups is 1. The van der Waals surface area contributed by atoms with Crippen molar-refractivity contribution in [2.24, 2.45) is 0 Å². The highest BCUT2D eigenvalue weighted by Gasteiger charge is 2.24. The molecule has 1 atom stereocenters. The fraction of sp³-hybridized carbons (Fsp3) is 0.120. The van der Waals surface area contributed by atoms with Crippen LogP contribution in [0.25, 0.3) is 11.3 Å². The Balaban J connectivity index is 1.37. The summed E-state index contributed by atoms with van der Waals surface area (Å²) in [5.41, 5.74) is 5.48. The molecular weight excluding hydrogens is 416 g/mol. The lowest BCUT2D eigenvalue weighted by Crippen LogP contribution is -2.26. The van der Waals surface area contributed by atoms with E-state index in [4.69, 9.17) is 4.98 Å². The minimum atomic E-state index is -0.863. The van der Waals surface area contributed by atoms with Crippen LogP contribution >= 0.6 is 0 Å². The van der Waals surface area contributed by atoms with Gasteiger partial charge in [-0.25, -0.2) is 9.97 Å². The second kappa shape index (κ2) is 8.68. The van der Waals surface area contributed by atoms with E-state index in [9.17, 15) is 9.90 Å². The van der Waals surface area contributed by atoms with E-state index in [1.807, 2.05) is 54.6 Å². The van der Waals surface area contributed by atoms with Gasteiger partial charge in [0.05, 0.1) is 29.7 Å². The van der Waals surface area contributed by atoms with Crippen LogP contribution in [0.15, 0.2) is 79.3 Å². The maximum absolute atomic E-state index is 12.5. The number of hydrogen-bond acceptors (Lipinski definition) is 7. The summed E-state index contributed by atoms with van der Waals surface area (Å²) in [5, 5.41) is 16.6. The first kappa shape index (κ1) is 20.6. The Morgan fingerprint density at radius 1 is 1.00 bits per heavy atom. The first-order chi connectivity index (χ1) is 16.1. The third-order valence-corrected chi connectivity index (χ3v) is 5.55. The topological polar surface area (TPSA) is 103 Å². The zero-order valence-corrected chi connectivity index (χ0v) is 17.9. The van der Waals surface area contributed by atoms with Gasteiger partial charge >= 0.3 is 0 Å². The lowest BCUT2D eigenvalue weighted by atomic mass is 10.1. The summed E-state index contributed by atoms with van der Waals surface area (Å²) in [5.74, 6) is 0.432. The molecule has 0 radical (unpaired) electrons. The van der Waals surface area contributed by atoms with Crippen molar-refractivity contribution in [1.29, 1.82) is 0 Å². The number of para-hydroxylation sites is 1. The van der Waals surface area contributed by atoms with Crippen LogP contribution in [-0.2, 0) is 11.2 Å². The molecule has 0 saturated carbocycles. The van der Waals surface area contributed by atoms with Gasteiger partial charge in [-0.2, -0.15) is 0 Å². The summed E-state index contributed by atoms with van der Waals surface area (Å²) in [6.45, 7) is 0.